The van der Waals surface area contributed by atoms with Gasteiger partial charge < -0.3 is 0 Å². The minimum Gasteiger partial charge on any atom is -0.0764 e. The van der Waals surface area contributed by atoms with Crippen molar-refractivity contribution >= 4 is 19.3 Å². The first-order valence-electron chi connectivity index (χ1n) is 10.2. The van der Waals surface area contributed by atoms with Crippen LogP contribution in [0, 0.1) is 5.92 Å². The summed E-state index contributed by atoms with van der Waals surface area (Å²) in [5.41, 5.74) is 6.19. The highest BCUT2D eigenvalue weighted by molar-refractivity contribution is 7.13. The summed E-state index contributed by atoms with van der Waals surface area (Å²) in [5, 5.41) is 3.66. The van der Waals surface area contributed by atoms with Crippen LogP contribution in [0.3, 0.4) is 0 Å². The van der Waals surface area contributed by atoms with Crippen molar-refractivity contribution in [3.8, 4) is 0 Å². The SMILES string of the molecule is CC(CCC1C2=C(c3ccccc31)[Si]2(C)C)CC1C=Cc2ccccc21. The molecule has 2 aliphatic carbocycles. The second-order valence-corrected chi connectivity index (χ2v) is 13.4. The van der Waals surface area contributed by atoms with Gasteiger partial charge in [0.1, 0.15) is 8.07 Å². The normalized spacial score (nSPS) is 25.0. The molecule has 0 aromatic heterocycles. The van der Waals surface area contributed by atoms with Crippen LogP contribution in [0.15, 0.2) is 59.8 Å². The van der Waals surface area contributed by atoms with Gasteiger partial charge in [0.25, 0.3) is 0 Å². The van der Waals surface area contributed by atoms with Gasteiger partial charge in [-0.25, -0.2) is 0 Å². The smallest absolute Gasteiger partial charge is 0.0764 e. The standard InChI is InChI=1S/C25H28Si/c1-17(16-19-14-13-18-8-4-5-9-20(18)19)12-15-23-21-10-6-7-11-22(21)24-25(23)26(24,2)3/h4-11,13-14,17,19,23H,12,15-16H2,1-3H3. The first kappa shape index (κ1) is 16.3. The molecule has 132 valence electrons. The molecule has 0 radical (unpaired) electrons. The zero-order valence-electron chi connectivity index (χ0n) is 16.1. The van der Waals surface area contributed by atoms with E-state index >= 15 is 0 Å². The second kappa shape index (κ2) is 5.82. The first-order chi connectivity index (χ1) is 12.6. The van der Waals surface area contributed by atoms with Crippen LogP contribution in [0.1, 0.15) is 60.3 Å². The molecule has 0 saturated carbocycles. The van der Waals surface area contributed by atoms with Crippen molar-refractivity contribution in [2.45, 2.75) is 51.1 Å². The van der Waals surface area contributed by atoms with Crippen LogP contribution < -0.4 is 0 Å². The van der Waals surface area contributed by atoms with Gasteiger partial charge in [0, 0.05) is 11.8 Å². The van der Waals surface area contributed by atoms with E-state index in [2.05, 4.69) is 80.7 Å². The molecule has 0 saturated heterocycles. The highest BCUT2D eigenvalue weighted by atomic mass is 28.3. The largest absolute Gasteiger partial charge is 0.108 e. The van der Waals surface area contributed by atoms with Gasteiger partial charge in [-0.2, -0.15) is 0 Å². The van der Waals surface area contributed by atoms with E-state index in [1.165, 1.54) is 30.4 Å². The summed E-state index contributed by atoms with van der Waals surface area (Å²) >= 11 is 0. The van der Waals surface area contributed by atoms with E-state index in [-0.39, 0.29) is 0 Å². The van der Waals surface area contributed by atoms with Crippen LogP contribution >= 0.6 is 0 Å². The summed E-state index contributed by atoms with van der Waals surface area (Å²) in [4.78, 5) is 0. The molecule has 1 heterocycles. The molecule has 0 bridgehead atoms. The fourth-order valence-electron chi connectivity index (χ4n) is 5.61. The van der Waals surface area contributed by atoms with Crippen LogP contribution in [-0.4, -0.2) is 8.07 Å². The third-order valence-electron chi connectivity index (χ3n) is 6.97. The maximum atomic E-state index is 2.55. The number of benzene rings is 2. The average Bonchev–Trinajstić information content (AvgIpc) is 2.97. The summed E-state index contributed by atoms with van der Waals surface area (Å²) in [6.45, 7) is 7.55. The molecule has 2 aromatic rings. The molecular formula is C25H28Si. The van der Waals surface area contributed by atoms with Gasteiger partial charge in [-0.15, -0.1) is 0 Å². The topological polar surface area (TPSA) is 0 Å². The fraction of sp³-hybridized carbons (Fsp3) is 0.360. The predicted octanol–water partition coefficient (Wildman–Crippen LogP) is 6.95. The summed E-state index contributed by atoms with van der Waals surface area (Å²) < 4.78 is 0. The van der Waals surface area contributed by atoms with Gasteiger partial charge in [0.2, 0.25) is 0 Å². The van der Waals surface area contributed by atoms with Crippen molar-refractivity contribution < 1.29 is 0 Å². The predicted molar refractivity (Wildman–Crippen MR) is 115 cm³/mol. The lowest BCUT2D eigenvalue weighted by atomic mass is 9.86. The van der Waals surface area contributed by atoms with Crippen molar-refractivity contribution in [3.05, 3.63) is 82.1 Å². The zero-order valence-corrected chi connectivity index (χ0v) is 17.1. The van der Waals surface area contributed by atoms with E-state index in [4.69, 9.17) is 0 Å². The lowest BCUT2D eigenvalue weighted by Crippen LogP contribution is -2.19. The maximum Gasteiger partial charge on any atom is 0.108 e. The van der Waals surface area contributed by atoms with Gasteiger partial charge >= 0.3 is 0 Å². The molecular weight excluding hydrogens is 328 g/mol. The molecule has 3 aliphatic rings. The molecule has 26 heavy (non-hydrogen) atoms. The van der Waals surface area contributed by atoms with Gasteiger partial charge in [0.05, 0.1) is 0 Å². The molecule has 0 fully saturated rings. The quantitative estimate of drug-likeness (QED) is 0.508. The highest BCUT2D eigenvalue weighted by Crippen LogP contribution is 2.62. The molecule has 0 N–H and O–H groups in total. The first-order valence-corrected chi connectivity index (χ1v) is 13.2. The third kappa shape index (κ3) is 2.40. The zero-order chi connectivity index (χ0) is 17.9. The van der Waals surface area contributed by atoms with Crippen LogP contribution in [0.25, 0.3) is 11.3 Å². The number of hydrogen-bond acceptors (Lipinski definition) is 0. The van der Waals surface area contributed by atoms with Gasteiger partial charge in [-0.1, -0.05) is 91.1 Å². The van der Waals surface area contributed by atoms with Crippen molar-refractivity contribution in [1.29, 1.82) is 0 Å². The van der Waals surface area contributed by atoms with E-state index in [0.717, 1.165) is 11.8 Å². The number of hydrogen-bond donors (Lipinski definition) is 0. The summed E-state index contributed by atoms with van der Waals surface area (Å²) in [5.74, 6) is 2.13. The van der Waals surface area contributed by atoms with E-state index in [1.54, 1.807) is 16.3 Å². The van der Waals surface area contributed by atoms with Crippen molar-refractivity contribution in [3.63, 3.8) is 0 Å². The minimum absolute atomic E-state index is 0.624. The summed E-state index contributed by atoms with van der Waals surface area (Å²) in [7, 11) is -1.15. The second-order valence-electron chi connectivity index (χ2n) is 9.07. The van der Waals surface area contributed by atoms with E-state index in [1.807, 2.05) is 5.20 Å². The van der Waals surface area contributed by atoms with Crippen molar-refractivity contribution in [2.24, 2.45) is 5.92 Å². The molecule has 1 aliphatic heterocycles. The van der Waals surface area contributed by atoms with Crippen molar-refractivity contribution in [2.75, 3.05) is 0 Å². The Kier molecular flexibility index (Phi) is 3.65. The molecule has 0 spiro atoms. The Morgan fingerprint density at radius 2 is 1.69 bits per heavy atom. The molecule has 3 atom stereocenters. The third-order valence-corrected chi connectivity index (χ3v) is 10.5. The molecule has 0 nitrogen and oxygen atoms in total. The molecule has 2 aromatic carbocycles. The van der Waals surface area contributed by atoms with Crippen LogP contribution in [0.2, 0.25) is 13.1 Å². The lowest BCUT2D eigenvalue weighted by Gasteiger charge is -2.24. The maximum absolute atomic E-state index is 2.55. The summed E-state index contributed by atoms with van der Waals surface area (Å²) in [6, 6.07) is 18.1. The Morgan fingerprint density at radius 1 is 0.962 bits per heavy atom. The Morgan fingerprint density at radius 3 is 2.54 bits per heavy atom. The average molecular weight is 357 g/mol. The monoisotopic (exact) mass is 356 g/mol. The molecule has 1 heteroatoms. The molecule has 0 amide bonds. The highest BCUT2D eigenvalue weighted by Gasteiger charge is 2.55. The molecule has 5 rings (SSSR count). The Bertz CT molecular complexity index is 931. The van der Waals surface area contributed by atoms with Gasteiger partial charge in [0.15, 0.2) is 0 Å². The van der Waals surface area contributed by atoms with Gasteiger partial charge in [-0.3, -0.25) is 0 Å². The number of allylic oxidation sites excluding steroid dienone is 2. The fourth-order valence-corrected chi connectivity index (χ4v) is 9.73. The van der Waals surface area contributed by atoms with E-state index < -0.39 is 8.07 Å². The van der Waals surface area contributed by atoms with E-state index in [0.29, 0.717) is 5.92 Å². The Hall–Kier alpha value is -1.86. The number of fused-ring (bicyclic) bond motifs is 3. The van der Waals surface area contributed by atoms with Gasteiger partial charge in [-0.05, 0) is 47.4 Å². The lowest BCUT2D eigenvalue weighted by molar-refractivity contribution is 0.446. The number of rotatable bonds is 5. The minimum atomic E-state index is -1.15. The van der Waals surface area contributed by atoms with Crippen LogP contribution in [0.4, 0.5) is 0 Å². The van der Waals surface area contributed by atoms with Crippen molar-refractivity contribution in [1.82, 2.24) is 0 Å². The Labute approximate surface area is 158 Å². The summed E-state index contributed by atoms with van der Waals surface area (Å²) in [6.07, 6.45) is 8.70. The van der Waals surface area contributed by atoms with E-state index in [9.17, 15) is 0 Å². The van der Waals surface area contributed by atoms with Crippen LogP contribution in [0.5, 0.6) is 0 Å². The Balaban J connectivity index is 1.26. The molecule has 3 unspecified atom stereocenters. The van der Waals surface area contributed by atoms with Crippen LogP contribution in [-0.2, 0) is 0 Å².